The third-order valence-electron chi connectivity index (χ3n) is 3.30. The van der Waals surface area contributed by atoms with E-state index in [0.29, 0.717) is 23.7 Å². The first-order chi connectivity index (χ1) is 8.00. The fourth-order valence-electron chi connectivity index (χ4n) is 1.64. The number of hydrogen-bond acceptors (Lipinski definition) is 4. The quantitative estimate of drug-likeness (QED) is 0.661. The van der Waals surface area contributed by atoms with Gasteiger partial charge in [0.25, 0.3) is 0 Å². The highest BCUT2D eigenvalue weighted by atomic mass is 16.5. The zero-order valence-corrected chi connectivity index (χ0v) is 10.7. The van der Waals surface area contributed by atoms with Gasteiger partial charge in [0, 0.05) is 17.3 Å². The van der Waals surface area contributed by atoms with Gasteiger partial charge in [0.1, 0.15) is 5.75 Å². The third-order valence-corrected chi connectivity index (χ3v) is 3.30. The summed E-state index contributed by atoms with van der Waals surface area (Å²) in [5, 5.41) is 0. The average Bonchev–Trinajstić information content (AvgIpc) is 2.33. The standard InChI is InChI=1S/C13H23N3O/c1-3-13(16,4-2)7-8-17-12-9-10(14)5-6-11(12)15/h5-6,9H,3-4,7-8,14-16H2,1-2H3. The minimum atomic E-state index is -0.144. The number of hydrogen-bond donors (Lipinski definition) is 3. The lowest BCUT2D eigenvalue weighted by atomic mass is 9.91. The zero-order valence-electron chi connectivity index (χ0n) is 10.7. The van der Waals surface area contributed by atoms with Gasteiger partial charge in [0.2, 0.25) is 0 Å². The Labute approximate surface area is 103 Å². The van der Waals surface area contributed by atoms with E-state index in [4.69, 9.17) is 21.9 Å². The molecule has 0 spiro atoms. The molecule has 1 aromatic carbocycles. The molecule has 0 aromatic heterocycles. The summed E-state index contributed by atoms with van der Waals surface area (Å²) in [5.41, 5.74) is 18.8. The summed E-state index contributed by atoms with van der Waals surface area (Å²) in [4.78, 5) is 0. The van der Waals surface area contributed by atoms with Crippen molar-refractivity contribution in [2.24, 2.45) is 5.73 Å². The molecule has 0 aliphatic carbocycles. The van der Waals surface area contributed by atoms with Crippen LogP contribution in [0.5, 0.6) is 5.75 Å². The molecule has 4 nitrogen and oxygen atoms in total. The molecule has 0 atom stereocenters. The van der Waals surface area contributed by atoms with Crippen molar-refractivity contribution < 1.29 is 4.74 Å². The van der Waals surface area contributed by atoms with Crippen LogP contribution in [0.1, 0.15) is 33.1 Å². The van der Waals surface area contributed by atoms with E-state index in [9.17, 15) is 0 Å². The first-order valence-corrected chi connectivity index (χ1v) is 6.07. The number of benzene rings is 1. The summed E-state index contributed by atoms with van der Waals surface area (Å²) in [6.45, 7) is 4.75. The van der Waals surface area contributed by atoms with E-state index in [1.807, 2.05) is 0 Å². The molecule has 0 amide bonds. The van der Waals surface area contributed by atoms with Crippen molar-refractivity contribution in [1.29, 1.82) is 0 Å². The average molecular weight is 237 g/mol. The van der Waals surface area contributed by atoms with E-state index in [-0.39, 0.29) is 5.54 Å². The van der Waals surface area contributed by atoms with Crippen LogP contribution in [-0.4, -0.2) is 12.1 Å². The number of ether oxygens (including phenoxy) is 1. The maximum absolute atomic E-state index is 6.19. The van der Waals surface area contributed by atoms with Crippen LogP contribution in [0.3, 0.4) is 0 Å². The predicted molar refractivity (Wildman–Crippen MR) is 72.9 cm³/mol. The molecule has 6 N–H and O–H groups in total. The first-order valence-electron chi connectivity index (χ1n) is 6.07. The third kappa shape index (κ3) is 3.82. The van der Waals surface area contributed by atoms with E-state index in [2.05, 4.69) is 13.8 Å². The number of nitrogens with two attached hydrogens (primary N) is 3. The summed E-state index contributed by atoms with van der Waals surface area (Å²) >= 11 is 0. The molecule has 0 aliphatic heterocycles. The number of rotatable bonds is 6. The van der Waals surface area contributed by atoms with Crippen LogP contribution >= 0.6 is 0 Å². The van der Waals surface area contributed by atoms with Gasteiger partial charge in [-0.3, -0.25) is 0 Å². The summed E-state index contributed by atoms with van der Waals surface area (Å²) in [6, 6.07) is 5.25. The largest absolute Gasteiger partial charge is 0.491 e. The molecular weight excluding hydrogens is 214 g/mol. The van der Waals surface area contributed by atoms with Gasteiger partial charge in [-0.25, -0.2) is 0 Å². The zero-order chi connectivity index (χ0) is 12.9. The molecule has 0 heterocycles. The normalized spacial score (nSPS) is 11.5. The van der Waals surface area contributed by atoms with Crippen molar-refractivity contribution in [3.8, 4) is 5.75 Å². The van der Waals surface area contributed by atoms with Gasteiger partial charge in [0.15, 0.2) is 0 Å². The Hall–Kier alpha value is -1.42. The summed E-state index contributed by atoms with van der Waals surface area (Å²) < 4.78 is 5.63. The maximum atomic E-state index is 6.19. The van der Waals surface area contributed by atoms with Crippen molar-refractivity contribution in [3.05, 3.63) is 18.2 Å². The van der Waals surface area contributed by atoms with E-state index in [1.165, 1.54) is 0 Å². The van der Waals surface area contributed by atoms with Crippen LogP contribution < -0.4 is 21.9 Å². The molecule has 0 aliphatic rings. The minimum Gasteiger partial charge on any atom is -0.491 e. The van der Waals surface area contributed by atoms with Crippen molar-refractivity contribution in [1.82, 2.24) is 0 Å². The second-order valence-corrected chi connectivity index (χ2v) is 4.47. The Bertz CT molecular complexity index is 362. The smallest absolute Gasteiger partial charge is 0.144 e. The predicted octanol–water partition coefficient (Wildman–Crippen LogP) is 2.14. The Morgan fingerprint density at radius 1 is 1.18 bits per heavy atom. The second-order valence-electron chi connectivity index (χ2n) is 4.47. The topological polar surface area (TPSA) is 87.3 Å². The fourth-order valence-corrected chi connectivity index (χ4v) is 1.64. The fraction of sp³-hybridized carbons (Fsp3) is 0.538. The van der Waals surface area contributed by atoms with Crippen LogP contribution in [0.15, 0.2) is 18.2 Å². The molecule has 0 saturated heterocycles. The Balaban J connectivity index is 2.53. The van der Waals surface area contributed by atoms with E-state index >= 15 is 0 Å². The first kappa shape index (κ1) is 13.6. The van der Waals surface area contributed by atoms with Crippen LogP contribution in [0.2, 0.25) is 0 Å². The molecule has 1 aromatic rings. The van der Waals surface area contributed by atoms with Gasteiger partial charge in [-0.1, -0.05) is 13.8 Å². The van der Waals surface area contributed by atoms with Gasteiger partial charge >= 0.3 is 0 Å². The highest BCUT2D eigenvalue weighted by molar-refractivity contribution is 5.59. The minimum absolute atomic E-state index is 0.144. The van der Waals surface area contributed by atoms with Gasteiger partial charge < -0.3 is 21.9 Å². The highest BCUT2D eigenvalue weighted by Gasteiger charge is 2.19. The summed E-state index contributed by atoms with van der Waals surface area (Å²) in [5.74, 6) is 0.638. The Kier molecular flexibility index (Phi) is 4.63. The van der Waals surface area contributed by atoms with Crippen LogP contribution in [0, 0.1) is 0 Å². The van der Waals surface area contributed by atoms with Crippen LogP contribution in [0.4, 0.5) is 11.4 Å². The second kappa shape index (κ2) is 5.77. The lowest BCUT2D eigenvalue weighted by molar-refractivity contribution is 0.248. The molecular formula is C13H23N3O. The SMILES string of the molecule is CCC(N)(CC)CCOc1cc(N)ccc1N. The monoisotopic (exact) mass is 237 g/mol. The molecule has 1 rings (SSSR count). The molecule has 0 bridgehead atoms. The summed E-state index contributed by atoms with van der Waals surface area (Å²) in [6.07, 6.45) is 2.70. The highest BCUT2D eigenvalue weighted by Crippen LogP contribution is 2.25. The van der Waals surface area contributed by atoms with Crippen molar-refractivity contribution in [3.63, 3.8) is 0 Å². The Morgan fingerprint density at radius 3 is 2.41 bits per heavy atom. The van der Waals surface area contributed by atoms with Crippen molar-refractivity contribution >= 4 is 11.4 Å². The molecule has 0 saturated carbocycles. The molecule has 0 radical (unpaired) electrons. The van der Waals surface area contributed by atoms with Crippen molar-refractivity contribution in [2.45, 2.75) is 38.6 Å². The molecule has 96 valence electrons. The molecule has 0 unspecified atom stereocenters. The van der Waals surface area contributed by atoms with E-state index in [1.54, 1.807) is 18.2 Å². The Morgan fingerprint density at radius 2 is 1.82 bits per heavy atom. The van der Waals surface area contributed by atoms with E-state index in [0.717, 1.165) is 19.3 Å². The van der Waals surface area contributed by atoms with Gasteiger partial charge in [0.05, 0.1) is 12.3 Å². The molecule has 17 heavy (non-hydrogen) atoms. The van der Waals surface area contributed by atoms with E-state index < -0.39 is 0 Å². The lowest BCUT2D eigenvalue weighted by Gasteiger charge is -2.26. The van der Waals surface area contributed by atoms with Crippen LogP contribution in [-0.2, 0) is 0 Å². The van der Waals surface area contributed by atoms with Crippen molar-refractivity contribution in [2.75, 3.05) is 18.1 Å². The summed E-state index contributed by atoms with van der Waals surface area (Å²) in [7, 11) is 0. The van der Waals surface area contributed by atoms with Gasteiger partial charge in [-0.15, -0.1) is 0 Å². The van der Waals surface area contributed by atoms with Gasteiger partial charge in [-0.05, 0) is 31.4 Å². The maximum Gasteiger partial charge on any atom is 0.144 e. The van der Waals surface area contributed by atoms with Crippen LogP contribution in [0.25, 0.3) is 0 Å². The number of anilines is 2. The van der Waals surface area contributed by atoms with Gasteiger partial charge in [-0.2, -0.15) is 0 Å². The number of nitrogen functional groups attached to an aromatic ring is 2. The lowest BCUT2D eigenvalue weighted by Crippen LogP contribution is -2.39. The molecule has 0 fully saturated rings. The molecule has 4 heteroatoms.